The van der Waals surface area contributed by atoms with Crippen LogP contribution >= 0.6 is 0 Å². The zero-order valence-corrected chi connectivity index (χ0v) is 13.6. The lowest BCUT2D eigenvalue weighted by molar-refractivity contribution is -0.384. The summed E-state index contributed by atoms with van der Waals surface area (Å²) in [6.45, 7) is -0.0326. The van der Waals surface area contributed by atoms with Crippen molar-refractivity contribution in [1.82, 2.24) is 19.7 Å². The highest BCUT2D eigenvalue weighted by molar-refractivity contribution is 5.79. The van der Waals surface area contributed by atoms with Crippen LogP contribution in [0, 0.1) is 15.9 Å². The Labute approximate surface area is 149 Å². The summed E-state index contributed by atoms with van der Waals surface area (Å²) in [5, 5.41) is 14.8. The van der Waals surface area contributed by atoms with Gasteiger partial charge in [0.05, 0.1) is 28.7 Å². The van der Waals surface area contributed by atoms with Gasteiger partial charge in [0.1, 0.15) is 5.82 Å². The first kappa shape index (κ1) is 16.5. The molecule has 10 heteroatoms. The van der Waals surface area contributed by atoms with Gasteiger partial charge in [-0.1, -0.05) is 5.16 Å². The summed E-state index contributed by atoms with van der Waals surface area (Å²) < 4.78 is 19.4. The Morgan fingerprint density at radius 2 is 1.96 bits per heavy atom. The number of benzene rings is 2. The van der Waals surface area contributed by atoms with Crippen LogP contribution in [0.1, 0.15) is 5.82 Å². The van der Waals surface area contributed by atoms with Gasteiger partial charge in [0.15, 0.2) is 5.82 Å². The second-order valence-corrected chi connectivity index (χ2v) is 5.66. The lowest BCUT2D eigenvalue weighted by atomic mass is 10.2. The lowest BCUT2D eigenvalue weighted by Gasteiger charge is -2.03. The summed E-state index contributed by atoms with van der Waals surface area (Å²) in [7, 11) is 0. The Bertz CT molecular complexity index is 1220. The number of aromatic nitrogens is 4. The number of halogens is 1. The molecule has 0 bridgehead atoms. The predicted octanol–water partition coefficient (Wildman–Crippen LogP) is 2.54. The molecule has 4 aromatic rings. The second-order valence-electron chi connectivity index (χ2n) is 5.66. The Morgan fingerprint density at radius 1 is 1.19 bits per heavy atom. The molecule has 134 valence electrons. The fourth-order valence-corrected chi connectivity index (χ4v) is 2.55. The summed E-state index contributed by atoms with van der Waals surface area (Å²) in [4.78, 5) is 31.2. The van der Waals surface area contributed by atoms with E-state index in [0.717, 1.165) is 0 Å². The topological polar surface area (TPSA) is 117 Å². The van der Waals surface area contributed by atoms with Crippen LogP contribution in [0.2, 0.25) is 0 Å². The normalized spacial score (nSPS) is 11.0. The quantitative estimate of drug-likeness (QED) is 0.402. The maximum atomic E-state index is 13.0. The SMILES string of the molecule is O=c1c2cc([N+](=O)[O-])ccc2ncn1Cc1noc(-c2ccc(F)cc2)n1. The zero-order chi connectivity index (χ0) is 19.0. The van der Waals surface area contributed by atoms with Gasteiger partial charge in [-0.25, -0.2) is 9.37 Å². The van der Waals surface area contributed by atoms with Gasteiger partial charge in [0, 0.05) is 17.7 Å². The number of nitro benzene ring substituents is 1. The molecule has 0 fully saturated rings. The molecule has 4 rings (SSSR count). The highest BCUT2D eigenvalue weighted by Crippen LogP contribution is 2.18. The summed E-state index contributed by atoms with van der Waals surface area (Å²) in [6.07, 6.45) is 1.31. The van der Waals surface area contributed by atoms with Crippen LogP contribution in [0.15, 0.2) is 58.1 Å². The third-order valence-electron chi connectivity index (χ3n) is 3.89. The van der Waals surface area contributed by atoms with E-state index in [1.54, 1.807) is 0 Å². The van der Waals surface area contributed by atoms with Crippen molar-refractivity contribution < 1.29 is 13.8 Å². The summed E-state index contributed by atoms with van der Waals surface area (Å²) in [5.41, 5.74) is 0.228. The van der Waals surface area contributed by atoms with Gasteiger partial charge in [-0.15, -0.1) is 0 Å². The van der Waals surface area contributed by atoms with Crippen LogP contribution in [0.5, 0.6) is 0 Å². The van der Waals surface area contributed by atoms with E-state index in [9.17, 15) is 19.3 Å². The van der Waals surface area contributed by atoms with Gasteiger partial charge in [0.2, 0.25) is 0 Å². The first-order chi connectivity index (χ1) is 13.0. The van der Waals surface area contributed by atoms with Crippen molar-refractivity contribution in [3.8, 4) is 11.5 Å². The monoisotopic (exact) mass is 367 g/mol. The van der Waals surface area contributed by atoms with Crippen molar-refractivity contribution in [2.45, 2.75) is 6.54 Å². The lowest BCUT2D eigenvalue weighted by Crippen LogP contribution is -2.21. The van der Waals surface area contributed by atoms with E-state index in [0.29, 0.717) is 11.1 Å². The third kappa shape index (κ3) is 3.15. The number of hydrogen-bond donors (Lipinski definition) is 0. The standard InChI is InChI=1S/C17H10FN5O4/c18-11-3-1-10(2-4-11)16-20-15(21-27-16)8-22-9-19-14-6-5-12(23(25)26)7-13(14)17(22)24/h1-7,9H,8H2. The maximum absolute atomic E-state index is 13.0. The van der Waals surface area contributed by atoms with Gasteiger partial charge < -0.3 is 4.52 Å². The minimum absolute atomic E-state index is 0.0326. The van der Waals surface area contributed by atoms with E-state index in [-0.39, 0.29) is 35.2 Å². The van der Waals surface area contributed by atoms with Gasteiger partial charge in [-0.3, -0.25) is 19.5 Å². The number of fused-ring (bicyclic) bond motifs is 1. The predicted molar refractivity (Wildman–Crippen MR) is 91.5 cm³/mol. The van der Waals surface area contributed by atoms with Crippen LogP contribution in [-0.4, -0.2) is 24.6 Å². The van der Waals surface area contributed by atoms with E-state index < -0.39 is 10.5 Å². The first-order valence-electron chi connectivity index (χ1n) is 7.73. The highest BCUT2D eigenvalue weighted by atomic mass is 19.1. The van der Waals surface area contributed by atoms with Crippen LogP contribution in [0.25, 0.3) is 22.4 Å². The molecule has 2 aromatic heterocycles. The Balaban J connectivity index is 1.67. The van der Waals surface area contributed by atoms with Crippen molar-refractivity contribution in [3.63, 3.8) is 0 Å². The molecule has 0 aliphatic rings. The molecule has 2 heterocycles. The average Bonchev–Trinajstić information content (AvgIpc) is 3.13. The molecule has 0 spiro atoms. The second kappa shape index (κ2) is 6.41. The Kier molecular flexibility index (Phi) is 3.92. The third-order valence-corrected chi connectivity index (χ3v) is 3.89. The molecule has 0 atom stereocenters. The van der Waals surface area contributed by atoms with Crippen molar-refractivity contribution in [2.75, 3.05) is 0 Å². The molecule has 0 radical (unpaired) electrons. The molecule has 0 unspecified atom stereocenters. The van der Waals surface area contributed by atoms with Crippen molar-refractivity contribution >= 4 is 16.6 Å². The smallest absolute Gasteiger partial charge is 0.270 e. The number of rotatable bonds is 4. The van der Waals surface area contributed by atoms with E-state index >= 15 is 0 Å². The highest BCUT2D eigenvalue weighted by Gasteiger charge is 2.14. The molecule has 0 saturated carbocycles. The Hall–Kier alpha value is -3.95. The van der Waals surface area contributed by atoms with E-state index in [1.165, 1.54) is 53.4 Å². The molecule has 0 aliphatic carbocycles. The number of non-ortho nitro benzene ring substituents is 1. The van der Waals surface area contributed by atoms with E-state index in [4.69, 9.17) is 4.52 Å². The van der Waals surface area contributed by atoms with Crippen LogP contribution in [0.3, 0.4) is 0 Å². The fraction of sp³-hybridized carbons (Fsp3) is 0.0588. The molecule has 0 saturated heterocycles. The first-order valence-corrected chi connectivity index (χ1v) is 7.73. The minimum atomic E-state index is -0.579. The van der Waals surface area contributed by atoms with Crippen LogP contribution in [-0.2, 0) is 6.54 Å². The van der Waals surface area contributed by atoms with Gasteiger partial charge in [-0.2, -0.15) is 4.98 Å². The molecule has 27 heavy (non-hydrogen) atoms. The van der Waals surface area contributed by atoms with Crippen LogP contribution < -0.4 is 5.56 Å². The molecular weight excluding hydrogens is 357 g/mol. The number of nitro groups is 1. The molecule has 9 nitrogen and oxygen atoms in total. The largest absolute Gasteiger partial charge is 0.334 e. The molecule has 0 aliphatic heterocycles. The van der Waals surface area contributed by atoms with Gasteiger partial charge >= 0.3 is 0 Å². The van der Waals surface area contributed by atoms with Crippen molar-refractivity contribution in [2.24, 2.45) is 0 Å². The van der Waals surface area contributed by atoms with Gasteiger partial charge in [-0.05, 0) is 30.3 Å². The molecular formula is C17H10FN5O4. The number of hydrogen-bond acceptors (Lipinski definition) is 7. The summed E-state index contributed by atoms with van der Waals surface area (Å²) in [5.74, 6) is 0.00631. The zero-order valence-electron chi connectivity index (χ0n) is 13.6. The molecule has 2 aromatic carbocycles. The van der Waals surface area contributed by atoms with Crippen molar-refractivity contribution in [1.29, 1.82) is 0 Å². The molecule has 0 amide bonds. The Morgan fingerprint density at radius 3 is 2.70 bits per heavy atom. The number of nitrogens with zero attached hydrogens (tertiary/aromatic N) is 5. The fourth-order valence-electron chi connectivity index (χ4n) is 2.55. The minimum Gasteiger partial charge on any atom is -0.334 e. The molecule has 0 N–H and O–H groups in total. The van der Waals surface area contributed by atoms with E-state index in [2.05, 4.69) is 15.1 Å². The maximum Gasteiger partial charge on any atom is 0.270 e. The average molecular weight is 367 g/mol. The van der Waals surface area contributed by atoms with Gasteiger partial charge in [0.25, 0.3) is 17.1 Å². The van der Waals surface area contributed by atoms with Crippen molar-refractivity contribution in [3.05, 3.63) is 80.9 Å². The van der Waals surface area contributed by atoms with Crippen LogP contribution in [0.4, 0.5) is 10.1 Å². The summed E-state index contributed by atoms with van der Waals surface area (Å²) >= 11 is 0. The van der Waals surface area contributed by atoms with E-state index in [1.807, 2.05) is 0 Å². The summed E-state index contributed by atoms with van der Waals surface area (Å²) in [6, 6.07) is 9.41.